The maximum absolute atomic E-state index is 10.1. The van der Waals surface area contributed by atoms with Gasteiger partial charge in [-0.15, -0.1) is 0 Å². The molecule has 0 saturated carbocycles. The van der Waals surface area contributed by atoms with Crippen molar-refractivity contribution in [3.8, 4) is 0 Å². The minimum atomic E-state index is -3.15. The van der Waals surface area contributed by atoms with Crippen molar-refractivity contribution in [2.75, 3.05) is 12.4 Å². The van der Waals surface area contributed by atoms with Crippen molar-refractivity contribution < 1.29 is 13.5 Å². The first-order chi connectivity index (χ1) is 3.56. The zero-order chi connectivity index (χ0) is 6.62. The van der Waals surface area contributed by atoms with E-state index in [1.54, 1.807) is 0 Å². The van der Waals surface area contributed by atoms with Crippen LogP contribution in [0.4, 0.5) is 0 Å². The number of hydrogen-bond donors (Lipinski definition) is 2. The molecule has 0 radical (unpaired) electrons. The van der Waals surface area contributed by atoms with Crippen molar-refractivity contribution in [3.63, 3.8) is 0 Å². The van der Waals surface area contributed by atoms with E-state index in [0.717, 1.165) is 0 Å². The Bertz CT molecular complexity index is 141. The fourth-order valence-electron chi connectivity index (χ4n) is 0.247. The van der Waals surface area contributed by atoms with Gasteiger partial charge in [0.2, 0.25) is 0 Å². The van der Waals surface area contributed by atoms with E-state index in [4.69, 9.17) is 5.11 Å². The normalized spacial score (nSPS) is 10.4. The molecule has 0 fully saturated rings. The number of thiol groups is 1. The van der Waals surface area contributed by atoms with E-state index < -0.39 is 8.87 Å². The third-order valence-electron chi connectivity index (χ3n) is 0.560. The van der Waals surface area contributed by atoms with Crippen LogP contribution in [-0.2, 0) is 8.87 Å². The number of rotatable bonds is 3. The second-order valence-electron chi connectivity index (χ2n) is 1.36. The van der Waals surface area contributed by atoms with Crippen LogP contribution in [0.3, 0.4) is 0 Å². The van der Waals surface area contributed by atoms with E-state index in [1.807, 2.05) is 0 Å². The van der Waals surface area contributed by atoms with Crippen LogP contribution >= 0.6 is 11.7 Å². The van der Waals surface area contributed by atoms with E-state index in [2.05, 4.69) is 11.7 Å². The van der Waals surface area contributed by atoms with Crippen molar-refractivity contribution in [2.24, 2.45) is 0 Å². The topological polar surface area (TPSA) is 54.4 Å². The van der Waals surface area contributed by atoms with Gasteiger partial charge >= 0.3 is 29.6 Å². The number of hydrogen-bond acceptors (Lipinski definition) is 3. The third-order valence-corrected chi connectivity index (χ3v) is 1.91. The molecule has 52 valence electrons. The molecule has 0 rings (SSSR count). The molecule has 3 nitrogen and oxygen atoms in total. The van der Waals surface area contributed by atoms with Gasteiger partial charge < -0.3 is 5.11 Å². The Morgan fingerprint density at radius 3 is 2.00 bits per heavy atom. The van der Waals surface area contributed by atoms with Crippen molar-refractivity contribution in [3.05, 3.63) is 0 Å². The van der Waals surface area contributed by atoms with E-state index in [1.165, 1.54) is 0 Å². The van der Waals surface area contributed by atoms with Crippen molar-refractivity contribution in [2.45, 2.75) is 6.42 Å². The zero-order valence-corrected chi connectivity index (χ0v) is 5.95. The maximum atomic E-state index is 10.1. The molecular formula is C3H9NaO3S2. The fourth-order valence-corrected chi connectivity index (χ4v) is 1.13. The molecule has 9 heavy (non-hydrogen) atoms. The van der Waals surface area contributed by atoms with Gasteiger partial charge in [-0.1, -0.05) is 0 Å². The van der Waals surface area contributed by atoms with E-state index in [9.17, 15) is 8.42 Å². The van der Waals surface area contributed by atoms with Crippen LogP contribution < -0.4 is 0 Å². The summed E-state index contributed by atoms with van der Waals surface area (Å²) in [6, 6.07) is 0. The summed E-state index contributed by atoms with van der Waals surface area (Å²) in [6.45, 7) is -0.0974. The molecule has 0 amide bonds. The van der Waals surface area contributed by atoms with Gasteiger partial charge in [0.1, 0.15) is 0 Å². The van der Waals surface area contributed by atoms with Crippen LogP contribution in [0, 0.1) is 0 Å². The quantitative estimate of drug-likeness (QED) is 0.332. The van der Waals surface area contributed by atoms with Crippen molar-refractivity contribution in [1.82, 2.24) is 0 Å². The summed E-state index contributed by atoms with van der Waals surface area (Å²) in [6.07, 6.45) is 0.270. The number of aliphatic hydroxyl groups is 1. The fraction of sp³-hybridized carbons (Fsp3) is 1.00. The summed E-state index contributed by atoms with van der Waals surface area (Å²) in [5.74, 6) is -0.0490. The zero-order valence-electron chi connectivity index (χ0n) is 4.24. The molecule has 6 heteroatoms. The summed E-state index contributed by atoms with van der Waals surface area (Å²) in [7, 11) is -3.15. The molecule has 0 saturated heterocycles. The van der Waals surface area contributed by atoms with E-state index in [-0.39, 0.29) is 48.3 Å². The molecule has 1 N–H and O–H groups in total. The predicted octanol–water partition coefficient (Wildman–Crippen LogP) is -1.02. The van der Waals surface area contributed by atoms with Crippen LogP contribution in [-0.4, -0.2) is 55.4 Å². The summed E-state index contributed by atoms with van der Waals surface area (Å²) in [5, 5.41) is 8.13. The monoisotopic (exact) mass is 180 g/mol. The van der Waals surface area contributed by atoms with Crippen LogP contribution in [0.25, 0.3) is 0 Å². The molecule has 0 aliphatic carbocycles. The Morgan fingerprint density at radius 2 is 1.89 bits per heavy atom. The molecule has 0 aliphatic rings. The third kappa shape index (κ3) is 12.5. The van der Waals surface area contributed by atoms with Crippen LogP contribution in [0.5, 0.6) is 0 Å². The first-order valence-electron chi connectivity index (χ1n) is 2.12. The number of aliphatic hydroxyl groups excluding tert-OH is 1. The van der Waals surface area contributed by atoms with Gasteiger partial charge in [-0.2, -0.15) is 0 Å². The first-order valence-corrected chi connectivity index (χ1v) is 4.83. The summed E-state index contributed by atoms with van der Waals surface area (Å²) < 4.78 is 20.3. The average Bonchev–Trinajstić information content (AvgIpc) is 1.59. The summed E-state index contributed by atoms with van der Waals surface area (Å²) >= 11 is 3.25. The first kappa shape index (κ1) is 12.9. The molecule has 0 aromatic heterocycles. The standard InChI is InChI=1S/C3H8O3S2.Na.H/c4-2-1-3-8(5,6)7;;/h4H,1-3H2,(H,5,6,7);;. The second kappa shape index (κ2) is 6.00. The molecule has 0 aromatic carbocycles. The van der Waals surface area contributed by atoms with E-state index >= 15 is 0 Å². The van der Waals surface area contributed by atoms with Gasteiger partial charge in [0.25, 0.3) is 0 Å². The van der Waals surface area contributed by atoms with Gasteiger partial charge in [0.15, 0.2) is 8.87 Å². The molecule has 0 unspecified atom stereocenters. The van der Waals surface area contributed by atoms with E-state index in [0.29, 0.717) is 0 Å². The van der Waals surface area contributed by atoms with Gasteiger partial charge in [-0.25, -0.2) is 8.42 Å². The molecule has 0 spiro atoms. The van der Waals surface area contributed by atoms with Gasteiger partial charge in [0, 0.05) is 6.61 Å². The molecule has 0 bridgehead atoms. The molecule has 0 aromatic rings. The van der Waals surface area contributed by atoms with Crippen molar-refractivity contribution >= 4 is 50.1 Å². The van der Waals surface area contributed by atoms with Gasteiger partial charge in [-0.3, -0.25) is 0 Å². The van der Waals surface area contributed by atoms with Gasteiger partial charge in [0.05, 0.1) is 5.75 Å². The molecule has 0 aliphatic heterocycles. The Morgan fingerprint density at radius 1 is 1.44 bits per heavy atom. The van der Waals surface area contributed by atoms with Crippen LogP contribution in [0.15, 0.2) is 0 Å². The predicted molar refractivity (Wildman–Crippen MR) is 41.6 cm³/mol. The van der Waals surface area contributed by atoms with Crippen LogP contribution in [0.1, 0.15) is 6.42 Å². The Balaban J connectivity index is 0. The Labute approximate surface area is 81.9 Å². The molecule has 0 heterocycles. The van der Waals surface area contributed by atoms with Gasteiger partial charge in [-0.05, 0) is 18.1 Å². The summed E-state index contributed by atoms with van der Waals surface area (Å²) in [4.78, 5) is 0. The Kier molecular flexibility index (Phi) is 8.60. The Hall–Kier alpha value is 1.26. The van der Waals surface area contributed by atoms with Crippen LogP contribution in [0.2, 0.25) is 0 Å². The SMILES string of the molecule is O=S(=O)(S)CCCO.[NaH]. The minimum absolute atomic E-state index is 0. The average molecular weight is 180 g/mol. The molecular weight excluding hydrogens is 171 g/mol. The summed E-state index contributed by atoms with van der Waals surface area (Å²) in [5.41, 5.74) is 0. The molecule has 0 atom stereocenters. The van der Waals surface area contributed by atoms with Crippen molar-refractivity contribution in [1.29, 1.82) is 0 Å². The second-order valence-corrected chi connectivity index (χ2v) is 4.60.